The van der Waals surface area contributed by atoms with Gasteiger partial charge in [0, 0.05) is 32.7 Å². The number of halogens is 3. The summed E-state index contributed by atoms with van der Waals surface area (Å²) in [5, 5.41) is 10.9. The first-order valence-electron chi connectivity index (χ1n) is 9.72. The van der Waals surface area contributed by atoms with Crippen LogP contribution in [0.4, 0.5) is 19.0 Å². The van der Waals surface area contributed by atoms with Gasteiger partial charge in [-0.3, -0.25) is 4.90 Å². The Labute approximate surface area is 173 Å². The number of nitrogens with zero attached hydrogens (tertiary/aromatic N) is 5. The molecular formula is C20H24F3N5O2. The molecule has 162 valence electrons. The van der Waals surface area contributed by atoms with Crippen molar-refractivity contribution < 1.29 is 22.7 Å². The summed E-state index contributed by atoms with van der Waals surface area (Å²) in [6.45, 7) is 6.56. The van der Waals surface area contributed by atoms with E-state index >= 15 is 0 Å². The van der Waals surface area contributed by atoms with E-state index in [1.165, 1.54) is 6.07 Å². The van der Waals surface area contributed by atoms with E-state index in [0.29, 0.717) is 32.1 Å². The largest absolute Gasteiger partial charge is 0.492 e. The highest BCUT2D eigenvalue weighted by Gasteiger charge is 2.33. The third kappa shape index (κ3) is 6.31. The molecule has 1 aromatic carbocycles. The van der Waals surface area contributed by atoms with E-state index in [1.54, 1.807) is 6.21 Å². The van der Waals surface area contributed by atoms with Crippen molar-refractivity contribution >= 4 is 12.0 Å². The fourth-order valence-electron chi connectivity index (χ4n) is 3.00. The Balaban J connectivity index is 1.42. The van der Waals surface area contributed by atoms with Gasteiger partial charge >= 0.3 is 6.18 Å². The fourth-order valence-corrected chi connectivity index (χ4v) is 3.00. The van der Waals surface area contributed by atoms with Crippen LogP contribution in [-0.4, -0.2) is 67.2 Å². The fraction of sp³-hybridized carbons (Fsp3) is 0.450. The molecule has 0 radical (unpaired) electrons. The number of oxime groups is 1. The predicted molar refractivity (Wildman–Crippen MR) is 107 cm³/mol. The van der Waals surface area contributed by atoms with Gasteiger partial charge in [-0.2, -0.15) is 13.2 Å². The van der Waals surface area contributed by atoms with Gasteiger partial charge in [-0.1, -0.05) is 17.3 Å². The molecule has 7 nitrogen and oxygen atoms in total. The van der Waals surface area contributed by atoms with Crippen LogP contribution in [-0.2, 0) is 11.0 Å². The van der Waals surface area contributed by atoms with Crippen molar-refractivity contribution in [1.29, 1.82) is 0 Å². The Morgan fingerprint density at radius 1 is 1.10 bits per heavy atom. The van der Waals surface area contributed by atoms with Crippen molar-refractivity contribution in [3.8, 4) is 5.75 Å². The number of hydrogen-bond acceptors (Lipinski definition) is 7. The molecule has 2 aromatic rings. The molecule has 1 aromatic heterocycles. The Bertz CT molecular complexity index is 822. The van der Waals surface area contributed by atoms with E-state index in [2.05, 4.69) is 20.3 Å². The van der Waals surface area contributed by atoms with Gasteiger partial charge in [0.25, 0.3) is 0 Å². The Morgan fingerprint density at radius 3 is 2.57 bits per heavy atom. The van der Waals surface area contributed by atoms with Gasteiger partial charge in [0.1, 0.15) is 19.0 Å². The van der Waals surface area contributed by atoms with Gasteiger partial charge in [0.05, 0.1) is 6.21 Å². The van der Waals surface area contributed by atoms with Crippen LogP contribution in [0.3, 0.4) is 0 Å². The number of hydrogen-bond donors (Lipinski definition) is 0. The summed E-state index contributed by atoms with van der Waals surface area (Å²) >= 11 is 0. The highest BCUT2D eigenvalue weighted by atomic mass is 19.4. The highest BCUT2D eigenvalue weighted by Crippen LogP contribution is 2.27. The standard InChI is InChI=1S/C20H24F3N5O2/c1-2-30-24-15-16-4-3-5-17(14-16)29-13-12-27-8-10-28(11-9-27)19-7-6-18(25-26-19)20(21,22)23/h3-7,14-15H,2,8-13H2,1H3. The predicted octanol–water partition coefficient (Wildman–Crippen LogP) is 3.07. The van der Waals surface area contributed by atoms with Gasteiger partial charge in [-0.25, -0.2) is 0 Å². The third-order valence-corrected chi connectivity index (χ3v) is 4.58. The van der Waals surface area contributed by atoms with Gasteiger partial charge in [0.2, 0.25) is 0 Å². The minimum absolute atomic E-state index is 0.462. The van der Waals surface area contributed by atoms with Gasteiger partial charge in [-0.05, 0) is 36.8 Å². The van der Waals surface area contributed by atoms with Gasteiger partial charge in [-0.15, -0.1) is 10.2 Å². The number of benzene rings is 1. The second-order valence-electron chi connectivity index (χ2n) is 6.68. The molecule has 1 fully saturated rings. The maximum Gasteiger partial charge on any atom is 0.435 e. The summed E-state index contributed by atoms with van der Waals surface area (Å²) in [4.78, 5) is 9.14. The summed E-state index contributed by atoms with van der Waals surface area (Å²) in [5.41, 5.74) is -0.0810. The van der Waals surface area contributed by atoms with E-state index < -0.39 is 11.9 Å². The van der Waals surface area contributed by atoms with Crippen LogP contribution in [0.5, 0.6) is 5.75 Å². The molecule has 1 aliphatic heterocycles. The number of piperazine rings is 1. The van der Waals surface area contributed by atoms with Crippen LogP contribution >= 0.6 is 0 Å². The molecule has 0 unspecified atom stereocenters. The van der Waals surface area contributed by atoms with Crippen LogP contribution < -0.4 is 9.64 Å². The zero-order chi connectivity index (χ0) is 21.4. The van der Waals surface area contributed by atoms with Gasteiger partial charge < -0.3 is 14.5 Å². The van der Waals surface area contributed by atoms with Crippen LogP contribution in [0, 0.1) is 0 Å². The van der Waals surface area contributed by atoms with Crippen molar-refractivity contribution in [2.45, 2.75) is 13.1 Å². The quantitative estimate of drug-likeness (QED) is 0.480. The lowest BCUT2D eigenvalue weighted by Crippen LogP contribution is -2.47. The van der Waals surface area contributed by atoms with Crippen LogP contribution in [0.25, 0.3) is 0 Å². The molecule has 3 rings (SSSR count). The van der Waals surface area contributed by atoms with E-state index in [1.807, 2.05) is 36.1 Å². The van der Waals surface area contributed by atoms with E-state index in [4.69, 9.17) is 9.57 Å². The molecular weight excluding hydrogens is 399 g/mol. The zero-order valence-electron chi connectivity index (χ0n) is 16.7. The maximum atomic E-state index is 12.6. The van der Waals surface area contributed by atoms with Crippen molar-refractivity contribution in [3.63, 3.8) is 0 Å². The Hall–Kier alpha value is -2.88. The molecule has 1 aliphatic rings. The normalized spacial score (nSPS) is 15.5. The lowest BCUT2D eigenvalue weighted by Gasteiger charge is -2.35. The molecule has 0 spiro atoms. The third-order valence-electron chi connectivity index (χ3n) is 4.58. The minimum atomic E-state index is -4.47. The molecule has 30 heavy (non-hydrogen) atoms. The maximum absolute atomic E-state index is 12.6. The van der Waals surface area contributed by atoms with Crippen LogP contribution in [0.1, 0.15) is 18.2 Å². The second kappa shape index (κ2) is 10.2. The summed E-state index contributed by atoms with van der Waals surface area (Å²) in [6, 6.07) is 9.93. The molecule has 0 aliphatic carbocycles. The van der Waals surface area contributed by atoms with Crippen molar-refractivity contribution in [2.75, 3.05) is 50.8 Å². The topological polar surface area (TPSA) is 63.1 Å². The minimum Gasteiger partial charge on any atom is -0.492 e. The molecule has 0 bridgehead atoms. The molecule has 0 saturated carbocycles. The average Bonchev–Trinajstić information content (AvgIpc) is 2.74. The molecule has 1 saturated heterocycles. The molecule has 0 amide bonds. The van der Waals surface area contributed by atoms with E-state index in [0.717, 1.165) is 37.0 Å². The molecule has 0 N–H and O–H groups in total. The number of alkyl halides is 3. The van der Waals surface area contributed by atoms with Crippen LogP contribution in [0.15, 0.2) is 41.6 Å². The van der Waals surface area contributed by atoms with Crippen molar-refractivity contribution in [1.82, 2.24) is 15.1 Å². The first-order valence-corrected chi connectivity index (χ1v) is 9.72. The first kappa shape index (κ1) is 21.8. The SMILES string of the molecule is CCON=Cc1cccc(OCCN2CCN(c3ccc(C(F)(F)F)nn3)CC2)c1. The lowest BCUT2D eigenvalue weighted by molar-refractivity contribution is -0.141. The lowest BCUT2D eigenvalue weighted by atomic mass is 10.2. The summed E-state index contributed by atoms with van der Waals surface area (Å²) in [5.74, 6) is 1.22. The smallest absolute Gasteiger partial charge is 0.435 e. The number of rotatable bonds is 8. The Morgan fingerprint density at radius 2 is 1.90 bits per heavy atom. The van der Waals surface area contributed by atoms with Gasteiger partial charge in [0.15, 0.2) is 11.5 Å². The van der Waals surface area contributed by atoms with E-state index in [9.17, 15) is 13.2 Å². The monoisotopic (exact) mass is 423 g/mol. The number of ether oxygens (including phenoxy) is 1. The number of anilines is 1. The Kier molecular flexibility index (Phi) is 7.45. The average molecular weight is 423 g/mol. The molecule has 10 heteroatoms. The van der Waals surface area contributed by atoms with E-state index in [-0.39, 0.29) is 0 Å². The second-order valence-corrected chi connectivity index (χ2v) is 6.68. The zero-order valence-corrected chi connectivity index (χ0v) is 16.7. The summed E-state index contributed by atoms with van der Waals surface area (Å²) in [6.07, 6.45) is -2.83. The van der Waals surface area contributed by atoms with Crippen molar-refractivity contribution in [3.05, 3.63) is 47.7 Å². The highest BCUT2D eigenvalue weighted by molar-refractivity contribution is 5.79. The number of aromatic nitrogens is 2. The van der Waals surface area contributed by atoms with Crippen LogP contribution in [0.2, 0.25) is 0 Å². The first-order chi connectivity index (χ1) is 14.5. The van der Waals surface area contributed by atoms with Crippen molar-refractivity contribution in [2.24, 2.45) is 5.16 Å². The molecule has 0 atom stereocenters. The molecule has 2 heterocycles. The summed E-state index contributed by atoms with van der Waals surface area (Å²) < 4.78 is 43.6. The summed E-state index contributed by atoms with van der Waals surface area (Å²) in [7, 11) is 0.